The number of alkyl carbamates (subject to hydrolysis) is 1. The number of hydrogen-bond acceptors (Lipinski definition) is 6. The molecule has 1 N–H and O–H groups in total. The third-order valence-corrected chi connectivity index (χ3v) is 3.27. The van der Waals surface area contributed by atoms with E-state index < -0.39 is 35.5 Å². The Balaban J connectivity index is 2.17. The van der Waals surface area contributed by atoms with Crippen molar-refractivity contribution < 1.29 is 28.5 Å². The largest absolute Gasteiger partial charge is 0.469 e. The van der Waals surface area contributed by atoms with Gasteiger partial charge in [0.1, 0.15) is 17.5 Å². The van der Waals surface area contributed by atoms with Gasteiger partial charge in [-0.2, -0.15) is 0 Å². The lowest BCUT2D eigenvalue weighted by Crippen LogP contribution is -2.33. The van der Waals surface area contributed by atoms with Gasteiger partial charge < -0.3 is 18.9 Å². The Kier molecular flexibility index (Phi) is 4.12. The van der Waals surface area contributed by atoms with E-state index in [0.717, 1.165) is 0 Å². The van der Waals surface area contributed by atoms with Crippen molar-refractivity contribution in [3.63, 3.8) is 0 Å². The van der Waals surface area contributed by atoms with Crippen LogP contribution in [0.2, 0.25) is 0 Å². The van der Waals surface area contributed by atoms with Gasteiger partial charge in [-0.05, 0) is 20.8 Å². The average Bonchev–Trinajstić information content (AvgIpc) is 2.81. The Morgan fingerprint density at radius 2 is 1.95 bits per heavy atom. The molecule has 1 heterocycles. The van der Waals surface area contributed by atoms with Crippen LogP contribution in [0, 0.1) is 5.92 Å². The van der Waals surface area contributed by atoms with E-state index in [4.69, 9.17) is 18.9 Å². The minimum atomic E-state index is -0.854. The highest BCUT2D eigenvalue weighted by Crippen LogP contribution is 2.44. The van der Waals surface area contributed by atoms with Crippen molar-refractivity contribution >= 4 is 12.1 Å². The monoisotopic (exact) mass is 313 g/mol. The lowest BCUT2D eigenvalue weighted by molar-refractivity contribution is -0.161. The summed E-state index contributed by atoms with van der Waals surface area (Å²) in [6.45, 7) is 8.82. The SMILES string of the molecule is COC(=O)C1CC(NC(=O)OC(C)(C)C)=C2OC(C)(C)OC21. The van der Waals surface area contributed by atoms with Crippen LogP contribution in [0.3, 0.4) is 0 Å². The van der Waals surface area contributed by atoms with Gasteiger partial charge in [0.25, 0.3) is 0 Å². The number of carbonyl (C=O) groups is 2. The minimum Gasteiger partial charge on any atom is -0.469 e. The second kappa shape index (κ2) is 5.46. The van der Waals surface area contributed by atoms with E-state index in [0.29, 0.717) is 11.5 Å². The van der Waals surface area contributed by atoms with Gasteiger partial charge in [-0.25, -0.2) is 4.79 Å². The van der Waals surface area contributed by atoms with Gasteiger partial charge in [0.15, 0.2) is 0 Å². The summed E-state index contributed by atoms with van der Waals surface area (Å²) in [5, 5.41) is 2.66. The van der Waals surface area contributed by atoms with Crippen LogP contribution in [-0.4, -0.2) is 36.7 Å². The van der Waals surface area contributed by atoms with Gasteiger partial charge in [-0.3, -0.25) is 10.1 Å². The second-order valence-corrected chi connectivity index (χ2v) is 6.84. The summed E-state index contributed by atoms with van der Waals surface area (Å²) in [6.07, 6.45) is -0.859. The lowest BCUT2D eigenvalue weighted by Gasteiger charge is -2.22. The van der Waals surface area contributed by atoms with Gasteiger partial charge in [0.05, 0.1) is 18.7 Å². The van der Waals surface area contributed by atoms with Crippen LogP contribution in [-0.2, 0) is 23.7 Å². The Hall–Kier alpha value is -1.76. The number of amides is 1. The normalized spacial score (nSPS) is 26.3. The summed E-state index contributed by atoms with van der Waals surface area (Å²) in [6, 6.07) is 0. The highest BCUT2D eigenvalue weighted by atomic mass is 16.7. The van der Waals surface area contributed by atoms with Crippen molar-refractivity contribution in [2.45, 2.75) is 58.5 Å². The molecule has 1 saturated heterocycles. The Labute approximate surface area is 129 Å². The first kappa shape index (κ1) is 16.6. The predicted molar refractivity (Wildman–Crippen MR) is 76.6 cm³/mol. The number of esters is 1. The topological polar surface area (TPSA) is 83.1 Å². The van der Waals surface area contributed by atoms with Crippen LogP contribution in [0.4, 0.5) is 4.79 Å². The Morgan fingerprint density at radius 3 is 2.50 bits per heavy atom. The predicted octanol–water partition coefficient (Wildman–Crippen LogP) is 2.07. The van der Waals surface area contributed by atoms with E-state index in [9.17, 15) is 9.59 Å². The fourth-order valence-electron chi connectivity index (χ4n) is 2.53. The molecule has 0 saturated carbocycles. The van der Waals surface area contributed by atoms with Gasteiger partial charge in [-0.1, -0.05) is 0 Å². The summed E-state index contributed by atoms with van der Waals surface area (Å²) < 4.78 is 21.5. The zero-order valence-corrected chi connectivity index (χ0v) is 13.8. The minimum absolute atomic E-state index is 0.280. The van der Waals surface area contributed by atoms with E-state index in [-0.39, 0.29) is 6.42 Å². The molecule has 1 amide bonds. The van der Waals surface area contributed by atoms with Gasteiger partial charge in [0.2, 0.25) is 5.79 Å². The molecule has 1 fully saturated rings. The lowest BCUT2D eigenvalue weighted by atomic mass is 10.0. The van der Waals surface area contributed by atoms with Crippen LogP contribution in [0.5, 0.6) is 0 Å². The van der Waals surface area contributed by atoms with Crippen LogP contribution >= 0.6 is 0 Å². The standard InChI is InChI=1S/C15H23NO6/c1-14(2,3)22-13(18)16-9-7-8(12(17)19-6)10-11(9)21-15(4,5)20-10/h8,10H,7H2,1-6H3,(H,16,18). The molecular formula is C15H23NO6. The third-order valence-electron chi connectivity index (χ3n) is 3.27. The molecule has 0 radical (unpaired) electrons. The van der Waals surface area contributed by atoms with E-state index >= 15 is 0 Å². The smallest absolute Gasteiger partial charge is 0.411 e. The molecule has 0 spiro atoms. The molecule has 1 aliphatic carbocycles. The first-order valence-corrected chi connectivity index (χ1v) is 7.20. The summed E-state index contributed by atoms with van der Waals surface area (Å²) in [5.74, 6) is -1.32. The van der Waals surface area contributed by atoms with E-state index in [2.05, 4.69) is 5.32 Å². The fourth-order valence-corrected chi connectivity index (χ4v) is 2.53. The molecule has 22 heavy (non-hydrogen) atoms. The zero-order valence-electron chi connectivity index (χ0n) is 13.8. The molecule has 1 aliphatic heterocycles. The molecule has 0 aromatic rings. The summed E-state index contributed by atoms with van der Waals surface area (Å²) in [5.41, 5.74) is -0.110. The second-order valence-electron chi connectivity index (χ2n) is 6.84. The van der Waals surface area contributed by atoms with Crippen molar-refractivity contribution in [3.05, 3.63) is 11.5 Å². The van der Waals surface area contributed by atoms with Crippen molar-refractivity contribution in [1.29, 1.82) is 0 Å². The Bertz CT molecular complexity index is 517. The molecule has 7 nitrogen and oxygen atoms in total. The van der Waals surface area contributed by atoms with Gasteiger partial charge >= 0.3 is 12.1 Å². The molecule has 124 valence electrons. The average molecular weight is 313 g/mol. The maximum atomic E-state index is 11.9. The molecule has 7 heteroatoms. The zero-order chi connectivity index (χ0) is 16.7. The number of fused-ring (bicyclic) bond motifs is 1. The van der Waals surface area contributed by atoms with E-state index in [1.807, 2.05) is 0 Å². The van der Waals surface area contributed by atoms with Crippen molar-refractivity contribution in [3.8, 4) is 0 Å². The maximum Gasteiger partial charge on any atom is 0.411 e. The number of rotatable bonds is 2. The highest BCUT2D eigenvalue weighted by molar-refractivity contribution is 5.76. The Morgan fingerprint density at radius 1 is 1.32 bits per heavy atom. The molecule has 2 aliphatic rings. The quantitative estimate of drug-likeness (QED) is 0.786. The van der Waals surface area contributed by atoms with Gasteiger partial charge in [-0.15, -0.1) is 0 Å². The van der Waals surface area contributed by atoms with E-state index in [1.165, 1.54) is 7.11 Å². The van der Waals surface area contributed by atoms with Gasteiger partial charge in [0, 0.05) is 20.3 Å². The number of methoxy groups -OCH3 is 1. The van der Waals surface area contributed by atoms with Crippen LogP contribution in [0.1, 0.15) is 41.0 Å². The van der Waals surface area contributed by atoms with Crippen LogP contribution < -0.4 is 5.32 Å². The number of carbonyl (C=O) groups excluding carboxylic acids is 2. The van der Waals surface area contributed by atoms with Crippen LogP contribution in [0.25, 0.3) is 0 Å². The van der Waals surface area contributed by atoms with Crippen molar-refractivity contribution in [2.24, 2.45) is 5.92 Å². The van der Waals surface area contributed by atoms with E-state index in [1.54, 1.807) is 34.6 Å². The number of hydrogen-bond donors (Lipinski definition) is 1. The summed E-state index contributed by atoms with van der Waals surface area (Å²) >= 11 is 0. The molecule has 0 aromatic heterocycles. The molecule has 0 bridgehead atoms. The van der Waals surface area contributed by atoms with Crippen molar-refractivity contribution in [1.82, 2.24) is 5.32 Å². The molecular weight excluding hydrogens is 290 g/mol. The summed E-state index contributed by atoms with van der Waals surface area (Å²) in [7, 11) is 1.32. The molecule has 2 atom stereocenters. The molecule has 0 aromatic carbocycles. The third kappa shape index (κ3) is 3.52. The maximum absolute atomic E-state index is 11.9. The molecule has 2 unspecified atom stereocenters. The number of allylic oxidation sites excluding steroid dienone is 1. The first-order valence-electron chi connectivity index (χ1n) is 7.20. The van der Waals surface area contributed by atoms with Crippen LogP contribution in [0.15, 0.2) is 11.5 Å². The number of nitrogens with one attached hydrogen (secondary N) is 1. The summed E-state index contributed by atoms with van der Waals surface area (Å²) in [4.78, 5) is 23.8. The highest BCUT2D eigenvalue weighted by Gasteiger charge is 2.51. The first-order chi connectivity index (χ1) is 10.0. The number of ether oxygens (including phenoxy) is 4. The molecule has 2 rings (SSSR count). The van der Waals surface area contributed by atoms with Crippen molar-refractivity contribution in [2.75, 3.05) is 7.11 Å². The fraction of sp³-hybridized carbons (Fsp3) is 0.733.